The van der Waals surface area contributed by atoms with Gasteiger partial charge in [-0.2, -0.15) is 0 Å². The summed E-state index contributed by atoms with van der Waals surface area (Å²) in [5.41, 5.74) is 0. The van der Waals surface area contributed by atoms with Crippen molar-refractivity contribution in [1.29, 1.82) is 0 Å². The maximum Gasteiger partial charge on any atom is 0.307 e. The zero-order valence-corrected chi connectivity index (χ0v) is 10.9. The molecule has 1 saturated heterocycles. The number of esters is 1. The van der Waals surface area contributed by atoms with Crippen LogP contribution in [0.4, 0.5) is 0 Å². The van der Waals surface area contributed by atoms with Crippen LogP contribution in [0.25, 0.3) is 0 Å². The first-order valence-corrected chi connectivity index (χ1v) is 6.60. The Balaban J connectivity index is 2.43. The summed E-state index contributed by atoms with van der Waals surface area (Å²) in [6.45, 7) is 7.87. The normalized spacial score (nSPS) is 24.1. The number of ether oxygens (including phenoxy) is 1. The monoisotopic (exact) mass is 227 g/mol. The Morgan fingerprint density at radius 1 is 1.44 bits per heavy atom. The molecule has 0 amide bonds. The molecule has 1 heterocycles. The number of hydrogen-bond donors (Lipinski definition) is 0. The van der Waals surface area contributed by atoms with Gasteiger partial charge in [0.1, 0.15) is 0 Å². The molecule has 0 saturated carbocycles. The predicted octanol–water partition coefficient (Wildman–Crippen LogP) is 2.59. The summed E-state index contributed by atoms with van der Waals surface area (Å²) in [5.74, 6) is -0.0598. The van der Waals surface area contributed by atoms with E-state index < -0.39 is 0 Å². The minimum atomic E-state index is -0.0598. The van der Waals surface area contributed by atoms with Crippen LogP contribution in [0.5, 0.6) is 0 Å². The quantitative estimate of drug-likeness (QED) is 0.676. The second-order valence-corrected chi connectivity index (χ2v) is 4.65. The maximum atomic E-state index is 11.4. The average molecular weight is 227 g/mol. The van der Waals surface area contributed by atoms with Crippen molar-refractivity contribution in [3.05, 3.63) is 0 Å². The van der Waals surface area contributed by atoms with Gasteiger partial charge in [0.15, 0.2) is 0 Å². The Morgan fingerprint density at radius 2 is 2.19 bits per heavy atom. The van der Waals surface area contributed by atoms with Crippen LogP contribution in [0.3, 0.4) is 0 Å². The molecule has 1 aliphatic heterocycles. The van der Waals surface area contributed by atoms with E-state index in [4.69, 9.17) is 4.74 Å². The highest BCUT2D eigenvalue weighted by Crippen LogP contribution is 2.23. The van der Waals surface area contributed by atoms with Gasteiger partial charge in [-0.1, -0.05) is 13.3 Å². The van der Waals surface area contributed by atoms with Crippen molar-refractivity contribution < 1.29 is 9.53 Å². The lowest BCUT2D eigenvalue weighted by Gasteiger charge is -2.39. The van der Waals surface area contributed by atoms with E-state index in [0.29, 0.717) is 25.1 Å². The van der Waals surface area contributed by atoms with Crippen molar-refractivity contribution in [2.75, 3.05) is 13.2 Å². The molecular weight excluding hydrogens is 202 g/mol. The SMILES string of the molecule is CCOC(=O)CC(C)N1CCCCC1CC. The van der Waals surface area contributed by atoms with E-state index in [0.717, 1.165) is 6.54 Å². The molecule has 2 unspecified atom stereocenters. The Morgan fingerprint density at radius 3 is 2.81 bits per heavy atom. The summed E-state index contributed by atoms with van der Waals surface area (Å²) in [5, 5.41) is 0. The van der Waals surface area contributed by atoms with E-state index in [9.17, 15) is 4.79 Å². The fraction of sp³-hybridized carbons (Fsp3) is 0.923. The summed E-state index contributed by atoms with van der Waals surface area (Å²) in [6.07, 6.45) is 5.60. The number of likely N-dealkylation sites (tertiary alicyclic amines) is 1. The minimum Gasteiger partial charge on any atom is -0.466 e. The van der Waals surface area contributed by atoms with Crippen LogP contribution in [0.15, 0.2) is 0 Å². The number of carbonyl (C=O) groups is 1. The van der Waals surface area contributed by atoms with Gasteiger partial charge in [0.05, 0.1) is 13.0 Å². The molecule has 1 fully saturated rings. The smallest absolute Gasteiger partial charge is 0.307 e. The molecule has 0 N–H and O–H groups in total. The Labute approximate surface area is 99.1 Å². The van der Waals surface area contributed by atoms with Gasteiger partial charge >= 0.3 is 5.97 Å². The van der Waals surface area contributed by atoms with Crippen molar-refractivity contribution in [2.45, 2.75) is 65.0 Å². The highest BCUT2D eigenvalue weighted by Gasteiger charge is 2.26. The van der Waals surface area contributed by atoms with E-state index in [1.54, 1.807) is 0 Å². The maximum absolute atomic E-state index is 11.4. The standard InChI is InChI=1S/C13H25NO2/c1-4-12-8-6-7-9-14(12)11(3)10-13(15)16-5-2/h11-12H,4-10H2,1-3H3. The first-order chi connectivity index (χ1) is 7.69. The van der Waals surface area contributed by atoms with Gasteiger partial charge in [-0.25, -0.2) is 0 Å². The summed E-state index contributed by atoms with van der Waals surface area (Å²) in [6, 6.07) is 0.988. The third-order valence-electron chi connectivity index (χ3n) is 3.48. The lowest BCUT2D eigenvalue weighted by atomic mass is 9.97. The molecular formula is C13H25NO2. The molecule has 0 bridgehead atoms. The number of nitrogens with zero attached hydrogens (tertiary/aromatic N) is 1. The van der Waals surface area contributed by atoms with E-state index in [-0.39, 0.29) is 5.97 Å². The van der Waals surface area contributed by atoms with Crippen LogP contribution < -0.4 is 0 Å². The molecule has 3 heteroatoms. The largest absolute Gasteiger partial charge is 0.466 e. The lowest BCUT2D eigenvalue weighted by Crippen LogP contribution is -2.45. The molecule has 16 heavy (non-hydrogen) atoms. The van der Waals surface area contributed by atoms with Crippen LogP contribution in [0.2, 0.25) is 0 Å². The molecule has 0 spiro atoms. The van der Waals surface area contributed by atoms with Crippen molar-refractivity contribution in [1.82, 2.24) is 4.90 Å². The van der Waals surface area contributed by atoms with Crippen LogP contribution >= 0.6 is 0 Å². The Hall–Kier alpha value is -0.570. The van der Waals surface area contributed by atoms with Gasteiger partial charge < -0.3 is 4.74 Å². The number of piperidine rings is 1. The molecule has 3 nitrogen and oxygen atoms in total. The van der Waals surface area contributed by atoms with Gasteiger partial charge in [-0.3, -0.25) is 9.69 Å². The summed E-state index contributed by atoms with van der Waals surface area (Å²) < 4.78 is 5.01. The number of rotatable bonds is 5. The summed E-state index contributed by atoms with van der Waals surface area (Å²) >= 11 is 0. The molecule has 0 radical (unpaired) electrons. The zero-order valence-electron chi connectivity index (χ0n) is 10.9. The van der Waals surface area contributed by atoms with Gasteiger partial charge in [0.25, 0.3) is 0 Å². The lowest BCUT2D eigenvalue weighted by molar-refractivity contribution is -0.144. The van der Waals surface area contributed by atoms with Gasteiger partial charge in [-0.05, 0) is 39.7 Å². The van der Waals surface area contributed by atoms with E-state index >= 15 is 0 Å². The molecule has 0 aromatic carbocycles. The molecule has 1 aliphatic rings. The second kappa shape index (κ2) is 6.89. The fourth-order valence-corrected chi connectivity index (χ4v) is 2.62. The zero-order chi connectivity index (χ0) is 12.0. The highest BCUT2D eigenvalue weighted by atomic mass is 16.5. The Bertz CT molecular complexity index is 218. The third kappa shape index (κ3) is 3.78. The number of carbonyl (C=O) groups excluding carboxylic acids is 1. The molecule has 0 aromatic heterocycles. The average Bonchev–Trinajstić information content (AvgIpc) is 2.29. The predicted molar refractivity (Wildman–Crippen MR) is 65.3 cm³/mol. The van der Waals surface area contributed by atoms with Gasteiger partial charge in [-0.15, -0.1) is 0 Å². The van der Waals surface area contributed by atoms with Crippen molar-refractivity contribution in [3.63, 3.8) is 0 Å². The van der Waals surface area contributed by atoms with Crippen LogP contribution in [-0.4, -0.2) is 36.1 Å². The topological polar surface area (TPSA) is 29.5 Å². The first kappa shape index (κ1) is 13.5. The first-order valence-electron chi connectivity index (χ1n) is 6.60. The van der Waals surface area contributed by atoms with Crippen LogP contribution in [-0.2, 0) is 9.53 Å². The van der Waals surface area contributed by atoms with E-state index in [1.165, 1.54) is 25.7 Å². The molecule has 1 rings (SSSR count). The van der Waals surface area contributed by atoms with Crippen LogP contribution in [0.1, 0.15) is 52.9 Å². The van der Waals surface area contributed by atoms with Gasteiger partial charge in [0.2, 0.25) is 0 Å². The minimum absolute atomic E-state index is 0.0598. The van der Waals surface area contributed by atoms with Crippen LogP contribution in [0, 0.1) is 0 Å². The van der Waals surface area contributed by atoms with Gasteiger partial charge in [0, 0.05) is 12.1 Å². The Kier molecular flexibility index (Phi) is 5.81. The summed E-state index contributed by atoms with van der Waals surface area (Å²) in [4.78, 5) is 13.9. The fourth-order valence-electron chi connectivity index (χ4n) is 2.62. The molecule has 94 valence electrons. The van der Waals surface area contributed by atoms with Crippen molar-refractivity contribution in [2.24, 2.45) is 0 Å². The molecule has 0 aliphatic carbocycles. The van der Waals surface area contributed by atoms with E-state index in [1.807, 2.05) is 6.92 Å². The number of hydrogen-bond acceptors (Lipinski definition) is 3. The van der Waals surface area contributed by atoms with Crippen molar-refractivity contribution >= 4 is 5.97 Å². The van der Waals surface area contributed by atoms with E-state index in [2.05, 4.69) is 18.7 Å². The summed E-state index contributed by atoms with van der Waals surface area (Å²) in [7, 11) is 0. The molecule has 0 aromatic rings. The third-order valence-corrected chi connectivity index (χ3v) is 3.48. The van der Waals surface area contributed by atoms with Crippen molar-refractivity contribution in [3.8, 4) is 0 Å². The molecule has 2 atom stereocenters. The second-order valence-electron chi connectivity index (χ2n) is 4.65. The highest BCUT2D eigenvalue weighted by molar-refractivity contribution is 5.70.